The first-order valence-electron chi connectivity index (χ1n) is 9.28. The summed E-state index contributed by atoms with van der Waals surface area (Å²) in [4.78, 5) is 29.0. The first-order chi connectivity index (χ1) is 12.5. The Labute approximate surface area is 159 Å². The summed E-state index contributed by atoms with van der Waals surface area (Å²) >= 11 is 5.88. The molecule has 6 nitrogen and oxygen atoms in total. The zero-order valence-corrected chi connectivity index (χ0v) is 16.0. The topological polar surface area (TPSA) is 64.7 Å². The molecule has 0 radical (unpaired) electrons. The van der Waals surface area contributed by atoms with Gasteiger partial charge in [-0.15, -0.1) is 0 Å². The Bertz CT molecular complexity index is 641. The summed E-state index contributed by atoms with van der Waals surface area (Å²) < 4.78 is 0. The fraction of sp³-hybridized carbons (Fsp3) is 0.579. The zero-order valence-electron chi connectivity index (χ0n) is 15.3. The van der Waals surface area contributed by atoms with E-state index in [4.69, 9.17) is 11.6 Å². The monoisotopic (exact) mass is 378 g/mol. The van der Waals surface area contributed by atoms with Crippen LogP contribution in [0.1, 0.15) is 24.8 Å². The van der Waals surface area contributed by atoms with Crippen LogP contribution in [0.5, 0.6) is 0 Å². The van der Waals surface area contributed by atoms with Crippen molar-refractivity contribution in [3.05, 3.63) is 34.9 Å². The van der Waals surface area contributed by atoms with E-state index in [9.17, 15) is 9.59 Å². The van der Waals surface area contributed by atoms with Crippen LogP contribution >= 0.6 is 11.6 Å². The molecule has 2 N–H and O–H groups in total. The molecule has 0 unspecified atom stereocenters. The molecule has 7 heteroatoms. The van der Waals surface area contributed by atoms with E-state index in [-0.39, 0.29) is 11.9 Å². The van der Waals surface area contributed by atoms with Crippen LogP contribution in [0.2, 0.25) is 5.02 Å². The molecular weight excluding hydrogens is 352 g/mol. The molecule has 2 aliphatic rings. The number of likely N-dealkylation sites (tertiary alicyclic amines) is 1. The average Bonchev–Trinajstić information content (AvgIpc) is 2.78. The van der Waals surface area contributed by atoms with Crippen LogP contribution in [-0.2, 0) is 11.2 Å². The summed E-state index contributed by atoms with van der Waals surface area (Å²) in [5, 5.41) is 6.72. The highest BCUT2D eigenvalue weighted by atomic mass is 35.5. The van der Waals surface area contributed by atoms with Crippen molar-refractivity contribution in [3.8, 4) is 0 Å². The summed E-state index contributed by atoms with van der Waals surface area (Å²) in [6, 6.07) is 7.61. The van der Waals surface area contributed by atoms with Gasteiger partial charge in [0.1, 0.15) is 5.54 Å². The Balaban J connectivity index is 1.48. The van der Waals surface area contributed by atoms with Crippen LogP contribution in [0.3, 0.4) is 0 Å². The van der Waals surface area contributed by atoms with Crippen molar-refractivity contribution < 1.29 is 9.59 Å². The predicted octanol–water partition coefficient (Wildman–Crippen LogP) is 1.88. The summed E-state index contributed by atoms with van der Waals surface area (Å²) in [5.41, 5.74) is 0.681. The van der Waals surface area contributed by atoms with E-state index < -0.39 is 5.54 Å². The number of carbonyl (C=O) groups excluding carboxylic acids is 2. The van der Waals surface area contributed by atoms with Gasteiger partial charge in [0.15, 0.2) is 0 Å². The van der Waals surface area contributed by atoms with Gasteiger partial charge in [0.2, 0.25) is 5.91 Å². The molecule has 1 aromatic rings. The fourth-order valence-electron chi connectivity index (χ4n) is 3.84. The smallest absolute Gasteiger partial charge is 0.317 e. The molecule has 2 fully saturated rings. The van der Waals surface area contributed by atoms with Crippen molar-refractivity contribution in [1.82, 2.24) is 20.4 Å². The van der Waals surface area contributed by atoms with Gasteiger partial charge in [-0.3, -0.25) is 9.69 Å². The van der Waals surface area contributed by atoms with Crippen LogP contribution in [0.15, 0.2) is 24.3 Å². The molecule has 0 aromatic heterocycles. The van der Waals surface area contributed by atoms with Crippen LogP contribution in [-0.4, -0.2) is 67.0 Å². The number of nitrogens with one attached hydrogen (secondary N) is 2. The minimum absolute atomic E-state index is 0.0505. The van der Waals surface area contributed by atoms with Crippen molar-refractivity contribution in [2.24, 2.45) is 0 Å². The van der Waals surface area contributed by atoms with Crippen molar-refractivity contribution >= 4 is 23.5 Å². The van der Waals surface area contributed by atoms with Crippen LogP contribution in [0, 0.1) is 0 Å². The normalized spacial score (nSPS) is 20.5. The highest BCUT2D eigenvalue weighted by Gasteiger charge is 2.46. The minimum atomic E-state index is -0.462. The highest BCUT2D eigenvalue weighted by Crippen LogP contribution is 2.29. The average molecular weight is 379 g/mol. The minimum Gasteiger partial charge on any atom is -0.354 e. The molecule has 1 aromatic carbocycles. The Hall–Kier alpha value is -1.79. The molecule has 2 saturated heterocycles. The lowest BCUT2D eigenvalue weighted by Crippen LogP contribution is -2.62. The first-order valence-corrected chi connectivity index (χ1v) is 9.66. The van der Waals surface area contributed by atoms with Gasteiger partial charge in [-0.25, -0.2) is 4.79 Å². The van der Waals surface area contributed by atoms with E-state index in [1.54, 1.807) is 0 Å². The summed E-state index contributed by atoms with van der Waals surface area (Å²) in [5.74, 6) is 0.111. The van der Waals surface area contributed by atoms with E-state index in [1.807, 2.05) is 36.2 Å². The molecule has 2 aliphatic heterocycles. The second-order valence-corrected chi connectivity index (χ2v) is 7.59. The van der Waals surface area contributed by atoms with Crippen LogP contribution in [0.25, 0.3) is 0 Å². The van der Waals surface area contributed by atoms with Gasteiger partial charge < -0.3 is 15.5 Å². The van der Waals surface area contributed by atoms with E-state index in [2.05, 4.69) is 15.5 Å². The molecular formula is C19H27ClN4O2. The number of hydrogen-bond acceptors (Lipinski definition) is 3. The second kappa shape index (κ2) is 8.27. The van der Waals surface area contributed by atoms with Crippen molar-refractivity contribution in [2.45, 2.75) is 31.2 Å². The van der Waals surface area contributed by atoms with Crippen LogP contribution < -0.4 is 10.6 Å². The second-order valence-electron chi connectivity index (χ2n) is 7.16. The van der Waals surface area contributed by atoms with Crippen molar-refractivity contribution in [3.63, 3.8) is 0 Å². The van der Waals surface area contributed by atoms with Crippen LogP contribution in [0.4, 0.5) is 4.79 Å². The Morgan fingerprint density at radius 1 is 1.23 bits per heavy atom. The number of halogens is 1. The number of amides is 3. The third-order valence-corrected chi connectivity index (χ3v) is 5.84. The SMILES string of the molecule is CN1CCCNC(=O)C12CCN(C(=O)NCCc1ccc(Cl)cc1)CC2. The summed E-state index contributed by atoms with van der Waals surface area (Å²) in [6.07, 6.45) is 3.10. The lowest BCUT2D eigenvalue weighted by molar-refractivity contribution is -0.134. The molecule has 26 heavy (non-hydrogen) atoms. The van der Waals surface area contributed by atoms with E-state index in [1.165, 1.54) is 0 Å². The number of nitrogens with zero attached hydrogens (tertiary/aromatic N) is 2. The molecule has 3 rings (SSSR count). The standard InChI is InChI=1S/C19H27ClN4O2/c1-23-12-2-10-21-17(25)19(23)8-13-24(14-9-19)18(26)22-11-7-15-3-5-16(20)6-4-15/h3-6H,2,7-14H2,1H3,(H,21,25)(H,22,26). The van der Waals surface area contributed by atoms with Gasteiger partial charge in [0.25, 0.3) is 0 Å². The van der Waals surface area contributed by atoms with E-state index >= 15 is 0 Å². The number of hydrogen-bond donors (Lipinski definition) is 2. The number of carbonyl (C=O) groups is 2. The van der Waals surface area contributed by atoms with Crippen molar-refractivity contribution in [1.29, 1.82) is 0 Å². The van der Waals surface area contributed by atoms with Gasteiger partial charge >= 0.3 is 6.03 Å². The third-order valence-electron chi connectivity index (χ3n) is 5.59. The zero-order chi connectivity index (χ0) is 18.6. The summed E-state index contributed by atoms with van der Waals surface area (Å²) in [6.45, 7) is 3.43. The number of piperidine rings is 1. The molecule has 3 amide bonds. The molecule has 1 spiro atoms. The molecule has 0 aliphatic carbocycles. The Kier molecular flexibility index (Phi) is 6.04. The maximum Gasteiger partial charge on any atom is 0.317 e. The number of benzene rings is 1. The predicted molar refractivity (Wildman–Crippen MR) is 102 cm³/mol. The molecule has 142 valence electrons. The quantitative estimate of drug-likeness (QED) is 0.844. The lowest BCUT2D eigenvalue weighted by atomic mass is 9.85. The lowest BCUT2D eigenvalue weighted by Gasteiger charge is -2.44. The molecule has 0 atom stereocenters. The Morgan fingerprint density at radius 2 is 1.92 bits per heavy atom. The van der Waals surface area contributed by atoms with Gasteiger partial charge in [0.05, 0.1) is 0 Å². The fourth-order valence-corrected chi connectivity index (χ4v) is 3.96. The highest BCUT2D eigenvalue weighted by molar-refractivity contribution is 6.30. The molecule has 2 heterocycles. The van der Waals surface area contributed by atoms with E-state index in [0.29, 0.717) is 37.5 Å². The van der Waals surface area contributed by atoms with Gasteiger partial charge in [-0.05, 0) is 50.4 Å². The summed E-state index contributed by atoms with van der Waals surface area (Å²) in [7, 11) is 2.02. The van der Waals surface area contributed by atoms with Gasteiger partial charge in [-0.1, -0.05) is 23.7 Å². The number of rotatable bonds is 3. The maximum atomic E-state index is 12.5. The number of urea groups is 1. The third kappa shape index (κ3) is 4.13. The molecule has 0 saturated carbocycles. The molecule has 0 bridgehead atoms. The Morgan fingerprint density at radius 3 is 2.62 bits per heavy atom. The first kappa shape index (κ1) is 19.0. The van der Waals surface area contributed by atoms with Gasteiger partial charge in [0, 0.05) is 37.7 Å². The number of likely N-dealkylation sites (N-methyl/N-ethyl adjacent to an activating group) is 1. The van der Waals surface area contributed by atoms with Crippen molar-refractivity contribution in [2.75, 3.05) is 39.8 Å². The van der Waals surface area contributed by atoms with Gasteiger partial charge in [-0.2, -0.15) is 0 Å². The largest absolute Gasteiger partial charge is 0.354 e. The van der Waals surface area contributed by atoms with E-state index in [0.717, 1.165) is 31.5 Å². The maximum absolute atomic E-state index is 12.5.